The van der Waals surface area contributed by atoms with E-state index in [0.29, 0.717) is 17.9 Å². The first-order chi connectivity index (χ1) is 27.5. The summed E-state index contributed by atoms with van der Waals surface area (Å²) in [4.78, 5) is 38.3. The maximum atomic E-state index is 12.9. The first-order valence-electron chi connectivity index (χ1n) is 18.5. The second-order valence-electron chi connectivity index (χ2n) is 14.9. The SMILES string of the molecule is CC1(C)C(/C=C/C=C/C=C/C=C2/N(CCCCS(=O)(=O)[O-])c3ccccc3C2(C)C)=[N+](CCC(=O)NC(CC(=O)[O-])C(=O)[O-])c2ccc3cc(SOO[O-])ccc3c21.[Na+].[Na+].[Na+]. The third kappa shape index (κ3) is 13.9. The maximum absolute atomic E-state index is 12.9. The number of rotatable bonds is 19. The molecule has 0 aromatic heterocycles. The zero-order valence-corrected chi connectivity index (χ0v) is 43.1. The van der Waals surface area contributed by atoms with Crippen LogP contribution in [-0.4, -0.2) is 66.0 Å². The molecule has 3 aromatic carbocycles. The molecule has 19 heteroatoms. The summed E-state index contributed by atoms with van der Waals surface area (Å²) >= 11 is 0.779. The maximum Gasteiger partial charge on any atom is 1.00 e. The Bertz CT molecular complexity index is 2350. The number of fused-ring (bicyclic) bond motifs is 4. The second kappa shape index (κ2) is 24.3. The van der Waals surface area contributed by atoms with Crippen molar-refractivity contribution in [2.45, 2.75) is 75.1 Å². The van der Waals surface area contributed by atoms with Crippen molar-refractivity contribution in [1.29, 1.82) is 0 Å². The average Bonchev–Trinajstić information content (AvgIpc) is 3.51. The molecule has 3 aromatic rings. The number of carbonyl (C=O) groups is 3. The molecule has 0 spiro atoms. The molecule has 0 saturated carbocycles. The molecule has 0 fully saturated rings. The minimum absolute atomic E-state index is 0. The molecule has 0 aliphatic carbocycles. The van der Waals surface area contributed by atoms with Crippen molar-refractivity contribution in [3.8, 4) is 0 Å². The molecule has 0 bridgehead atoms. The van der Waals surface area contributed by atoms with Gasteiger partial charge in [0.2, 0.25) is 11.6 Å². The van der Waals surface area contributed by atoms with Crippen LogP contribution < -0.4 is 114 Å². The van der Waals surface area contributed by atoms with Gasteiger partial charge in [-0.15, -0.1) is 0 Å². The Labute approximate surface area is 426 Å². The molecule has 1 atom stereocenters. The van der Waals surface area contributed by atoms with Crippen LogP contribution in [0.5, 0.6) is 0 Å². The molecule has 0 saturated heterocycles. The van der Waals surface area contributed by atoms with E-state index >= 15 is 0 Å². The van der Waals surface area contributed by atoms with Crippen LogP contribution in [0.1, 0.15) is 64.5 Å². The first-order valence-corrected chi connectivity index (χ1v) is 20.9. The number of hydrogen-bond donors (Lipinski definition) is 1. The number of amides is 1. The molecule has 2 heterocycles. The number of allylic oxidation sites excluding steroid dienone is 8. The standard InChI is InChI=1S/C42H47N3O11S2.3Na/c1-41(2)31-14-10-11-15-33(31)44(23-12-13-25-58(52,53)54)35(41)16-8-6-5-7-9-17-36-42(3,4)39-30-20-19-29(57-56-55-51)26-28(30)18-21-34(39)45(36)24-22-37(46)43-32(40(49)50)27-38(47)48;;;/h5-11,14-21,26,32H,12-13,22-25,27H2,1-4H3,(H4-,43,46,47,48,49,50,51,52,53,54);;;/q;3*+1/p-3. The van der Waals surface area contributed by atoms with E-state index in [9.17, 15) is 42.8 Å². The average molecular weight is 900 g/mol. The van der Waals surface area contributed by atoms with Gasteiger partial charge in [0, 0.05) is 64.1 Å². The van der Waals surface area contributed by atoms with E-state index in [2.05, 4.69) is 53.4 Å². The topological polar surface area (TPSA) is 214 Å². The number of carboxylic acids is 2. The van der Waals surface area contributed by atoms with Crippen molar-refractivity contribution in [3.05, 3.63) is 114 Å². The van der Waals surface area contributed by atoms with Gasteiger partial charge in [-0.25, -0.2) is 8.42 Å². The van der Waals surface area contributed by atoms with Crippen molar-refractivity contribution in [2.24, 2.45) is 0 Å². The van der Waals surface area contributed by atoms with Crippen molar-refractivity contribution in [2.75, 3.05) is 23.7 Å². The fourth-order valence-corrected chi connectivity index (χ4v) is 8.64. The molecule has 0 radical (unpaired) electrons. The summed E-state index contributed by atoms with van der Waals surface area (Å²) in [5, 5.41) is 40.4. The summed E-state index contributed by atoms with van der Waals surface area (Å²) < 4.78 is 40.0. The third-order valence-electron chi connectivity index (χ3n) is 10.3. The molecule has 1 amide bonds. The number of unbranched alkanes of at least 4 members (excludes halogenated alkanes) is 1. The van der Waals surface area contributed by atoms with Gasteiger partial charge in [-0.05, 0) is 73.4 Å². The fraction of sp³-hybridized carbons (Fsp3) is 0.333. The number of aliphatic carboxylic acids is 2. The van der Waals surface area contributed by atoms with E-state index in [4.69, 9.17) is 0 Å². The van der Waals surface area contributed by atoms with Gasteiger partial charge in [-0.2, -0.15) is 8.91 Å². The minimum Gasteiger partial charge on any atom is -0.748 e. The van der Waals surface area contributed by atoms with Crippen molar-refractivity contribution >= 4 is 67.9 Å². The predicted molar refractivity (Wildman–Crippen MR) is 212 cm³/mol. The van der Waals surface area contributed by atoms with Gasteiger partial charge in [0.1, 0.15) is 0 Å². The summed E-state index contributed by atoms with van der Waals surface area (Å²) in [6.07, 6.45) is 13.1. The number of benzene rings is 3. The first kappa shape index (κ1) is 55.0. The Hall–Kier alpha value is -2.10. The van der Waals surface area contributed by atoms with E-state index in [-0.39, 0.29) is 113 Å². The molecule has 14 nitrogen and oxygen atoms in total. The summed E-state index contributed by atoms with van der Waals surface area (Å²) in [7, 11) is -4.28. The van der Waals surface area contributed by atoms with Gasteiger partial charge in [-0.1, -0.05) is 68.5 Å². The Kier molecular flexibility index (Phi) is 21.9. The monoisotopic (exact) mass is 899 g/mol. The second-order valence-corrected chi connectivity index (χ2v) is 17.2. The molecule has 2 aliphatic heterocycles. The van der Waals surface area contributed by atoms with Gasteiger partial charge in [0.15, 0.2) is 12.3 Å². The van der Waals surface area contributed by atoms with Crippen LogP contribution in [0.25, 0.3) is 10.8 Å². The zero-order chi connectivity index (χ0) is 42.3. The summed E-state index contributed by atoms with van der Waals surface area (Å²) in [6, 6.07) is 15.7. The predicted octanol–water partition coefficient (Wildman–Crippen LogP) is -6.10. The quantitative estimate of drug-likeness (QED) is 0.0174. The van der Waals surface area contributed by atoms with Gasteiger partial charge in [0.25, 0.3) is 0 Å². The number of nitrogens with one attached hydrogen (secondary N) is 1. The molecule has 5 rings (SSSR count). The van der Waals surface area contributed by atoms with Crippen LogP contribution in [0.4, 0.5) is 11.4 Å². The Morgan fingerprint density at radius 2 is 1.61 bits per heavy atom. The number of para-hydroxylation sites is 1. The molecule has 308 valence electrons. The van der Waals surface area contributed by atoms with Crippen LogP contribution in [0.15, 0.2) is 108 Å². The molecular weight excluding hydrogens is 856 g/mol. The number of hydrogen-bond acceptors (Lipinski definition) is 13. The van der Waals surface area contributed by atoms with Crippen LogP contribution in [0, 0.1) is 0 Å². The third-order valence-corrected chi connectivity index (χ3v) is 11.7. The van der Waals surface area contributed by atoms with Crippen molar-refractivity contribution in [1.82, 2.24) is 5.32 Å². The normalized spacial score (nSPS) is 16.4. The van der Waals surface area contributed by atoms with Gasteiger partial charge in [0.05, 0.1) is 46.0 Å². The minimum atomic E-state index is -4.28. The number of carboxylic acid groups (broad SMARTS) is 2. The van der Waals surface area contributed by atoms with Gasteiger partial charge < -0.3 is 39.8 Å². The smallest absolute Gasteiger partial charge is 0.748 e. The Balaban J connectivity index is 0.00000427. The van der Waals surface area contributed by atoms with E-state index < -0.39 is 51.6 Å². The Morgan fingerprint density at radius 1 is 0.918 bits per heavy atom. The molecule has 2 aliphatic rings. The summed E-state index contributed by atoms with van der Waals surface area (Å²) in [6.45, 7) is 9.07. The molecular formula is C42H44N3Na3O11S2. The van der Waals surface area contributed by atoms with E-state index in [1.54, 1.807) is 6.07 Å². The van der Waals surface area contributed by atoms with Crippen LogP contribution >= 0.6 is 12.0 Å². The molecule has 1 N–H and O–H groups in total. The van der Waals surface area contributed by atoms with Crippen LogP contribution in [-0.2, 0) is 44.7 Å². The van der Waals surface area contributed by atoms with Crippen LogP contribution in [0.3, 0.4) is 0 Å². The number of nitrogens with zero attached hydrogens (tertiary/aromatic N) is 2. The van der Waals surface area contributed by atoms with E-state index in [1.165, 1.54) is 0 Å². The van der Waals surface area contributed by atoms with Crippen molar-refractivity contribution in [3.63, 3.8) is 0 Å². The van der Waals surface area contributed by atoms with Gasteiger partial charge in [-0.3, -0.25) is 9.83 Å². The number of carbonyl (C=O) groups excluding carboxylic acids is 3. The van der Waals surface area contributed by atoms with Gasteiger partial charge >= 0.3 is 88.7 Å². The van der Waals surface area contributed by atoms with Crippen LogP contribution in [0.2, 0.25) is 0 Å². The van der Waals surface area contributed by atoms with E-state index in [1.807, 2.05) is 89.6 Å². The largest absolute Gasteiger partial charge is 1.00 e. The van der Waals surface area contributed by atoms with Crippen molar-refractivity contribution < 1.29 is 145 Å². The zero-order valence-electron chi connectivity index (χ0n) is 35.5. The Morgan fingerprint density at radius 3 is 2.28 bits per heavy atom. The summed E-state index contributed by atoms with van der Waals surface area (Å²) in [5.41, 5.74) is 4.96. The van der Waals surface area contributed by atoms with E-state index in [0.717, 1.165) is 56.7 Å². The summed E-state index contributed by atoms with van der Waals surface area (Å²) in [5.74, 6) is -4.43. The molecule has 1 unspecified atom stereocenters. The molecule has 61 heavy (non-hydrogen) atoms. The number of anilines is 1. The fourth-order valence-electron chi connectivity index (χ4n) is 7.67.